The van der Waals surface area contributed by atoms with E-state index in [4.69, 9.17) is 16.3 Å². The molecule has 0 fully saturated rings. The molecule has 0 spiro atoms. The molecule has 0 amide bonds. The van der Waals surface area contributed by atoms with Crippen LogP contribution in [0.2, 0.25) is 0 Å². The number of hydrogen-bond donors (Lipinski definition) is 0. The number of rotatable bonds is 4. The summed E-state index contributed by atoms with van der Waals surface area (Å²) in [6, 6.07) is 7.48. The topological polar surface area (TPSA) is 26.3 Å². The molecule has 0 unspecified atom stereocenters. The largest absolute Gasteiger partial charge is 0.497 e. The van der Waals surface area contributed by atoms with Crippen molar-refractivity contribution in [3.05, 3.63) is 24.3 Å². The highest BCUT2D eigenvalue weighted by molar-refractivity contribution is 8.00. The van der Waals surface area contributed by atoms with Crippen molar-refractivity contribution < 1.29 is 9.53 Å². The number of halogens is 1. The first-order chi connectivity index (χ1) is 6.22. The van der Waals surface area contributed by atoms with Crippen molar-refractivity contribution in [3.8, 4) is 5.75 Å². The fourth-order valence-electron chi connectivity index (χ4n) is 0.812. The minimum atomic E-state index is -0.333. The molecule has 0 atom stereocenters. The molecule has 0 aliphatic rings. The van der Waals surface area contributed by atoms with E-state index in [1.807, 2.05) is 24.3 Å². The van der Waals surface area contributed by atoms with Crippen LogP contribution >= 0.6 is 23.4 Å². The van der Waals surface area contributed by atoms with Gasteiger partial charge in [-0.2, -0.15) is 0 Å². The number of carbonyl (C=O) groups excluding carboxylic acids is 1. The second kappa shape index (κ2) is 5.14. The van der Waals surface area contributed by atoms with Gasteiger partial charge in [0.05, 0.1) is 12.9 Å². The van der Waals surface area contributed by atoms with Crippen LogP contribution in [0.1, 0.15) is 0 Å². The van der Waals surface area contributed by atoms with Crippen molar-refractivity contribution in [1.29, 1.82) is 0 Å². The molecule has 0 heterocycles. The van der Waals surface area contributed by atoms with E-state index in [9.17, 15) is 4.79 Å². The van der Waals surface area contributed by atoms with Crippen molar-refractivity contribution in [2.75, 3.05) is 12.9 Å². The van der Waals surface area contributed by atoms with Crippen LogP contribution in [0.5, 0.6) is 5.75 Å². The second-order valence-electron chi connectivity index (χ2n) is 2.32. The average molecular weight is 217 g/mol. The number of thioether (sulfide) groups is 1. The Morgan fingerprint density at radius 3 is 2.54 bits per heavy atom. The maximum Gasteiger partial charge on any atom is 0.231 e. The van der Waals surface area contributed by atoms with Gasteiger partial charge in [-0.25, -0.2) is 0 Å². The molecule has 2 nitrogen and oxygen atoms in total. The van der Waals surface area contributed by atoms with E-state index < -0.39 is 0 Å². The molecule has 0 aliphatic heterocycles. The predicted molar refractivity (Wildman–Crippen MR) is 54.6 cm³/mol. The van der Waals surface area contributed by atoms with Gasteiger partial charge in [0.1, 0.15) is 5.75 Å². The van der Waals surface area contributed by atoms with Crippen LogP contribution in [0.15, 0.2) is 29.2 Å². The third-order valence-corrected chi connectivity index (χ3v) is 2.72. The lowest BCUT2D eigenvalue weighted by Crippen LogP contribution is -1.89. The third kappa shape index (κ3) is 3.70. The molecule has 1 aromatic carbocycles. The summed E-state index contributed by atoms with van der Waals surface area (Å²) in [5.74, 6) is 1.11. The summed E-state index contributed by atoms with van der Waals surface area (Å²) in [7, 11) is 1.62. The van der Waals surface area contributed by atoms with Gasteiger partial charge in [-0.05, 0) is 35.9 Å². The molecule has 0 saturated carbocycles. The third-order valence-electron chi connectivity index (χ3n) is 1.41. The molecule has 13 heavy (non-hydrogen) atoms. The Morgan fingerprint density at radius 2 is 2.08 bits per heavy atom. The Balaban J connectivity index is 2.54. The molecular weight excluding hydrogens is 208 g/mol. The van der Waals surface area contributed by atoms with Crippen molar-refractivity contribution in [1.82, 2.24) is 0 Å². The fourth-order valence-corrected chi connectivity index (χ4v) is 1.58. The van der Waals surface area contributed by atoms with Crippen LogP contribution < -0.4 is 4.74 Å². The van der Waals surface area contributed by atoms with Gasteiger partial charge in [0, 0.05) is 4.90 Å². The van der Waals surface area contributed by atoms with Crippen molar-refractivity contribution in [2.45, 2.75) is 4.90 Å². The Hall–Kier alpha value is -0.670. The Morgan fingerprint density at radius 1 is 1.46 bits per heavy atom. The minimum Gasteiger partial charge on any atom is -0.497 e. The van der Waals surface area contributed by atoms with E-state index >= 15 is 0 Å². The standard InChI is InChI=1S/C9H9ClO2S/c1-12-7-2-4-8(5-3-7)13-6-9(10)11/h2-5H,6H2,1H3. The number of ether oxygens (including phenoxy) is 1. The quantitative estimate of drug-likeness (QED) is 0.572. The van der Waals surface area contributed by atoms with Gasteiger partial charge in [-0.1, -0.05) is 0 Å². The lowest BCUT2D eigenvalue weighted by Gasteiger charge is -2.00. The SMILES string of the molecule is COc1ccc(SCC(=O)Cl)cc1. The minimum absolute atomic E-state index is 0.299. The van der Waals surface area contributed by atoms with Crippen LogP contribution in [-0.4, -0.2) is 18.1 Å². The van der Waals surface area contributed by atoms with Gasteiger partial charge >= 0.3 is 0 Å². The maximum absolute atomic E-state index is 10.5. The summed E-state index contributed by atoms with van der Waals surface area (Å²) in [5.41, 5.74) is 0. The van der Waals surface area contributed by atoms with Gasteiger partial charge in [0.2, 0.25) is 5.24 Å². The predicted octanol–water partition coefficient (Wildman–Crippen LogP) is 2.55. The van der Waals surface area contributed by atoms with E-state index in [0.29, 0.717) is 5.75 Å². The lowest BCUT2D eigenvalue weighted by molar-refractivity contribution is -0.109. The Bertz CT molecular complexity index is 284. The van der Waals surface area contributed by atoms with E-state index in [2.05, 4.69) is 0 Å². The highest BCUT2D eigenvalue weighted by Gasteiger charge is 1.98. The molecule has 0 aliphatic carbocycles. The summed E-state index contributed by atoms with van der Waals surface area (Å²) in [5, 5.41) is -0.333. The van der Waals surface area contributed by atoms with E-state index in [1.54, 1.807) is 7.11 Å². The fraction of sp³-hybridized carbons (Fsp3) is 0.222. The number of hydrogen-bond acceptors (Lipinski definition) is 3. The summed E-state index contributed by atoms with van der Waals surface area (Å²) < 4.78 is 4.99. The molecule has 4 heteroatoms. The van der Waals surface area contributed by atoms with Crippen LogP contribution in [0.3, 0.4) is 0 Å². The highest BCUT2D eigenvalue weighted by Crippen LogP contribution is 2.21. The highest BCUT2D eigenvalue weighted by atomic mass is 35.5. The zero-order valence-electron chi connectivity index (χ0n) is 7.12. The zero-order chi connectivity index (χ0) is 9.68. The summed E-state index contributed by atoms with van der Waals surface area (Å²) >= 11 is 6.61. The first-order valence-corrected chi connectivity index (χ1v) is 5.04. The molecule has 0 radical (unpaired) electrons. The summed E-state index contributed by atoms with van der Waals surface area (Å²) in [6.45, 7) is 0. The van der Waals surface area contributed by atoms with Crippen LogP contribution in [0.4, 0.5) is 0 Å². The van der Waals surface area contributed by atoms with Gasteiger partial charge in [-0.15, -0.1) is 11.8 Å². The van der Waals surface area contributed by atoms with Crippen molar-refractivity contribution in [3.63, 3.8) is 0 Å². The number of carbonyl (C=O) groups is 1. The van der Waals surface area contributed by atoms with Crippen molar-refractivity contribution in [2.24, 2.45) is 0 Å². The molecule has 1 aromatic rings. The van der Waals surface area contributed by atoms with Gasteiger partial charge in [0.15, 0.2) is 0 Å². The average Bonchev–Trinajstić information content (AvgIpc) is 2.15. The van der Waals surface area contributed by atoms with Gasteiger partial charge < -0.3 is 4.74 Å². The second-order valence-corrected chi connectivity index (χ2v) is 3.79. The van der Waals surface area contributed by atoms with Crippen LogP contribution in [0, 0.1) is 0 Å². The summed E-state index contributed by atoms with van der Waals surface area (Å²) in [4.78, 5) is 11.5. The summed E-state index contributed by atoms with van der Waals surface area (Å²) in [6.07, 6.45) is 0. The maximum atomic E-state index is 10.5. The van der Waals surface area contributed by atoms with Gasteiger partial charge in [-0.3, -0.25) is 4.79 Å². The number of methoxy groups -OCH3 is 1. The Labute approximate surface area is 86.2 Å². The molecule has 0 N–H and O–H groups in total. The molecule has 1 rings (SSSR count). The van der Waals surface area contributed by atoms with Crippen LogP contribution in [0.25, 0.3) is 0 Å². The van der Waals surface area contributed by atoms with Crippen LogP contribution in [-0.2, 0) is 4.79 Å². The van der Waals surface area contributed by atoms with E-state index in [1.165, 1.54) is 11.8 Å². The molecule has 0 saturated heterocycles. The Kier molecular flexibility index (Phi) is 4.12. The van der Waals surface area contributed by atoms with E-state index in [0.717, 1.165) is 10.6 Å². The first-order valence-electron chi connectivity index (χ1n) is 3.67. The monoisotopic (exact) mass is 216 g/mol. The molecular formula is C9H9ClO2S. The first kappa shape index (κ1) is 10.4. The van der Waals surface area contributed by atoms with Crippen molar-refractivity contribution >= 4 is 28.6 Å². The smallest absolute Gasteiger partial charge is 0.231 e. The molecule has 70 valence electrons. The normalized spacial score (nSPS) is 9.69. The molecule has 0 aromatic heterocycles. The molecule has 0 bridgehead atoms. The number of benzene rings is 1. The lowest BCUT2D eigenvalue weighted by atomic mass is 10.3. The zero-order valence-corrected chi connectivity index (χ0v) is 8.69. The van der Waals surface area contributed by atoms with Gasteiger partial charge in [0.25, 0.3) is 0 Å². The van der Waals surface area contributed by atoms with E-state index in [-0.39, 0.29) is 5.24 Å².